The number of ether oxygens (including phenoxy) is 3. The molecule has 1 N–H and O–H groups in total. The fourth-order valence-corrected chi connectivity index (χ4v) is 2.27. The molecule has 0 aliphatic rings. The Morgan fingerprint density at radius 3 is 2.62 bits per heavy atom. The molecule has 0 unspecified atom stereocenters. The van der Waals surface area contributed by atoms with Crippen LogP contribution in [0.1, 0.15) is 12.5 Å². The Morgan fingerprint density at radius 1 is 1.00 bits per heavy atom. The largest absolute Gasteiger partial charge is 0.492 e. The van der Waals surface area contributed by atoms with Crippen LogP contribution in [0.3, 0.4) is 0 Å². The van der Waals surface area contributed by atoms with E-state index < -0.39 is 0 Å². The Kier molecular flexibility index (Phi) is 7.72. The highest BCUT2D eigenvalue weighted by molar-refractivity contribution is 6.31. The summed E-state index contributed by atoms with van der Waals surface area (Å²) in [5.41, 5.74) is 1.96. The lowest BCUT2D eigenvalue weighted by molar-refractivity contribution is 0.110. The van der Waals surface area contributed by atoms with Gasteiger partial charge in [0.15, 0.2) is 0 Å². The number of halogens is 1. The molecule has 0 aliphatic carbocycles. The number of benzene rings is 2. The second kappa shape index (κ2) is 10.1. The van der Waals surface area contributed by atoms with E-state index >= 15 is 0 Å². The summed E-state index contributed by atoms with van der Waals surface area (Å²) in [5.74, 6) is 1.64. The molecule has 0 atom stereocenters. The van der Waals surface area contributed by atoms with Crippen LogP contribution in [-0.4, -0.2) is 33.0 Å². The molecule has 0 saturated heterocycles. The number of anilines is 1. The molecule has 0 saturated carbocycles. The van der Waals surface area contributed by atoms with Crippen LogP contribution in [-0.2, 0) is 4.74 Å². The lowest BCUT2D eigenvalue weighted by Gasteiger charge is -2.14. The highest BCUT2D eigenvalue weighted by Crippen LogP contribution is 2.24. The number of para-hydroxylation sites is 2. The normalized spacial score (nSPS) is 10.5. The monoisotopic (exact) mass is 349 g/mol. The first-order valence-corrected chi connectivity index (χ1v) is 8.51. The van der Waals surface area contributed by atoms with Gasteiger partial charge in [0.1, 0.15) is 24.7 Å². The Labute approximate surface area is 148 Å². The van der Waals surface area contributed by atoms with Gasteiger partial charge in [-0.2, -0.15) is 0 Å². The zero-order chi connectivity index (χ0) is 17.2. The van der Waals surface area contributed by atoms with Crippen LogP contribution in [0, 0.1) is 6.92 Å². The van der Waals surface area contributed by atoms with Crippen molar-refractivity contribution in [2.24, 2.45) is 0 Å². The molecule has 0 amide bonds. The van der Waals surface area contributed by atoms with Crippen LogP contribution in [0.25, 0.3) is 0 Å². The Hall–Kier alpha value is -1.91. The van der Waals surface area contributed by atoms with Crippen LogP contribution in [0.2, 0.25) is 5.02 Å². The lowest BCUT2D eigenvalue weighted by atomic mass is 10.2. The number of nitrogens with one attached hydrogen (secondary N) is 1. The first-order valence-electron chi connectivity index (χ1n) is 8.13. The molecular weight excluding hydrogens is 326 g/mol. The summed E-state index contributed by atoms with van der Waals surface area (Å²) in [5, 5.41) is 4.08. The standard InChI is InChI=1S/C19H24ClNO3/c1-3-22-12-13-24-19-7-5-4-6-18(19)21-10-11-23-16-8-9-17(20)15(2)14-16/h4-9,14,21H,3,10-13H2,1-2H3. The third kappa shape index (κ3) is 5.95. The van der Waals surface area contributed by atoms with Gasteiger partial charge in [0.2, 0.25) is 0 Å². The minimum atomic E-state index is 0.535. The smallest absolute Gasteiger partial charge is 0.142 e. The highest BCUT2D eigenvalue weighted by Gasteiger charge is 2.03. The second-order valence-corrected chi connectivity index (χ2v) is 5.63. The molecule has 4 nitrogen and oxygen atoms in total. The zero-order valence-corrected chi connectivity index (χ0v) is 14.9. The van der Waals surface area contributed by atoms with E-state index in [1.165, 1.54) is 0 Å². The van der Waals surface area contributed by atoms with E-state index in [0.717, 1.165) is 27.8 Å². The Balaban J connectivity index is 1.78. The molecule has 0 aromatic heterocycles. The van der Waals surface area contributed by atoms with Crippen molar-refractivity contribution < 1.29 is 14.2 Å². The van der Waals surface area contributed by atoms with Gasteiger partial charge in [-0.25, -0.2) is 0 Å². The summed E-state index contributed by atoms with van der Waals surface area (Å²) < 4.78 is 16.8. The van der Waals surface area contributed by atoms with Gasteiger partial charge in [-0.05, 0) is 49.7 Å². The summed E-state index contributed by atoms with van der Waals surface area (Å²) in [6.07, 6.45) is 0. The fourth-order valence-electron chi connectivity index (χ4n) is 2.15. The van der Waals surface area contributed by atoms with Crippen molar-refractivity contribution in [2.45, 2.75) is 13.8 Å². The van der Waals surface area contributed by atoms with E-state index in [4.69, 9.17) is 25.8 Å². The predicted octanol–water partition coefficient (Wildman–Crippen LogP) is 4.55. The van der Waals surface area contributed by atoms with Crippen molar-refractivity contribution in [3.05, 3.63) is 53.1 Å². The topological polar surface area (TPSA) is 39.7 Å². The average Bonchev–Trinajstić information content (AvgIpc) is 2.59. The molecular formula is C19H24ClNO3. The zero-order valence-electron chi connectivity index (χ0n) is 14.2. The van der Waals surface area contributed by atoms with Crippen molar-refractivity contribution in [1.82, 2.24) is 0 Å². The van der Waals surface area contributed by atoms with Crippen molar-refractivity contribution in [3.63, 3.8) is 0 Å². The first kappa shape index (κ1) is 18.4. The van der Waals surface area contributed by atoms with Crippen molar-refractivity contribution in [2.75, 3.05) is 38.3 Å². The second-order valence-electron chi connectivity index (χ2n) is 5.23. The van der Waals surface area contributed by atoms with Gasteiger partial charge in [-0.1, -0.05) is 23.7 Å². The molecule has 0 bridgehead atoms. The quantitative estimate of drug-likeness (QED) is 0.638. The fraction of sp³-hybridized carbons (Fsp3) is 0.368. The maximum Gasteiger partial charge on any atom is 0.142 e. The maximum atomic E-state index is 6.01. The molecule has 24 heavy (non-hydrogen) atoms. The molecule has 2 rings (SSSR count). The summed E-state index contributed by atoms with van der Waals surface area (Å²) in [4.78, 5) is 0. The Bertz CT molecular complexity index is 634. The van der Waals surface area contributed by atoms with Crippen LogP contribution >= 0.6 is 11.6 Å². The van der Waals surface area contributed by atoms with Gasteiger partial charge in [0.25, 0.3) is 0 Å². The van der Waals surface area contributed by atoms with E-state index in [-0.39, 0.29) is 0 Å². The number of hydrogen-bond acceptors (Lipinski definition) is 4. The van der Waals surface area contributed by atoms with Gasteiger partial charge < -0.3 is 19.5 Å². The van der Waals surface area contributed by atoms with Gasteiger partial charge in [0.05, 0.1) is 12.3 Å². The van der Waals surface area contributed by atoms with Crippen LogP contribution in [0.4, 0.5) is 5.69 Å². The SMILES string of the molecule is CCOCCOc1ccccc1NCCOc1ccc(Cl)c(C)c1. The molecule has 2 aromatic carbocycles. The molecule has 0 aliphatic heterocycles. The maximum absolute atomic E-state index is 6.01. The highest BCUT2D eigenvalue weighted by atomic mass is 35.5. The van der Waals surface area contributed by atoms with Crippen molar-refractivity contribution in [3.8, 4) is 11.5 Å². The van der Waals surface area contributed by atoms with E-state index in [1.54, 1.807) is 0 Å². The minimum absolute atomic E-state index is 0.535. The van der Waals surface area contributed by atoms with E-state index in [2.05, 4.69) is 5.32 Å². The minimum Gasteiger partial charge on any atom is -0.492 e. The van der Waals surface area contributed by atoms with Gasteiger partial charge in [-0.15, -0.1) is 0 Å². The third-order valence-corrected chi connectivity index (χ3v) is 3.82. The van der Waals surface area contributed by atoms with E-state index in [9.17, 15) is 0 Å². The molecule has 0 heterocycles. The molecule has 0 spiro atoms. The molecule has 0 radical (unpaired) electrons. The number of rotatable bonds is 10. The van der Waals surface area contributed by atoms with Crippen LogP contribution in [0.5, 0.6) is 11.5 Å². The van der Waals surface area contributed by atoms with Gasteiger partial charge in [-0.3, -0.25) is 0 Å². The first-order chi connectivity index (χ1) is 11.7. The summed E-state index contributed by atoms with van der Waals surface area (Å²) in [6, 6.07) is 13.5. The average molecular weight is 350 g/mol. The molecule has 0 fully saturated rings. The summed E-state index contributed by atoms with van der Waals surface area (Å²) >= 11 is 6.01. The number of hydrogen-bond donors (Lipinski definition) is 1. The molecule has 130 valence electrons. The van der Waals surface area contributed by atoms with Gasteiger partial charge in [0, 0.05) is 18.2 Å². The van der Waals surface area contributed by atoms with Gasteiger partial charge >= 0.3 is 0 Å². The van der Waals surface area contributed by atoms with E-state index in [0.29, 0.717) is 33.0 Å². The van der Waals surface area contributed by atoms with Crippen molar-refractivity contribution >= 4 is 17.3 Å². The third-order valence-electron chi connectivity index (χ3n) is 3.39. The molecule has 5 heteroatoms. The van der Waals surface area contributed by atoms with E-state index in [1.807, 2.05) is 56.3 Å². The molecule has 2 aromatic rings. The summed E-state index contributed by atoms with van der Waals surface area (Å²) in [6.45, 7) is 6.98. The Morgan fingerprint density at radius 2 is 1.83 bits per heavy atom. The number of aryl methyl sites for hydroxylation is 1. The van der Waals surface area contributed by atoms with Crippen LogP contribution in [0.15, 0.2) is 42.5 Å². The van der Waals surface area contributed by atoms with Crippen molar-refractivity contribution in [1.29, 1.82) is 0 Å². The predicted molar refractivity (Wildman–Crippen MR) is 98.6 cm³/mol. The summed E-state index contributed by atoms with van der Waals surface area (Å²) in [7, 11) is 0. The van der Waals surface area contributed by atoms with Crippen LogP contribution < -0.4 is 14.8 Å². The lowest BCUT2D eigenvalue weighted by Crippen LogP contribution is -2.13.